The van der Waals surface area contributed by atoms with Crippen LogP contribution in [0.15, 0.2) is 48.7 Å². The summed E-state index contributed by atoms with van der Waals surface area (Å²) in [6.45, 7) is 2.07. The van der Waals surface area contributed by atoms with Crippen molar-refractivity contribution < 1.29 is 19.1 Å². The summed E-state index contributed by atoms with van der Waals surface area (Å²) in [4.78, 5) is 24.5. The molecule has 0 spiro atoms. The Labute approximate surface area is 141 Å². The highest BCUT2D eigenvalue weighted by Gasteiger charge is 2.16. The van der Waals surface area contributed by atoms with Crippen molar-refractivity contribution in [2.75, 3.05) is 11.9 Å². The monoisotopic (exact) mass is 342 g/mol. The van der Waals surface area contributed by atoms with E-state index in [4.69, 9.17) is 4.74 Å². The third-order valence-corrected chi connectivity index (χ3v) is 4.40. The van der Waals surface area contributed by atoms with Crippen molar-refractivity contribution in [2.24, 2.45) is 0 Å². The lowest BCUT2D eigenvalue weighted by molar-refractivity contribution is -0.607. The van der Waals surface area contributed by atoms with Crippen LogP contribution in [0.5, 0.6) is 0 Å². The quantitative estimate of drug-likeness (QED) is 0.449. The van der Waals surface area contributed by atoms with E-state index >= 15 is 0 Å². The van der Waals surface area contributed by atoms with Crippen LogP contribution in [-0.4, -0.2) is 18.5 Å². The highest BCUT2D eigenvalue weighted by molar-refractivity contribution is 7.20. The molecule has 122 valence electrons. The lowest BCUT2D eigenvalue weighted by Gasteiger charge is -2.05. The summed E-state index contributed by atoms with van der Waals surface area (Å²) in [5.41, 5.74) is 0.555. The summed E-state index contributed by atoms with van der Waals surface area (Å²) in [5.74, 6) is -0.855. The number of thiophene rings is 1. The van der Waals surface area contributed by atoms with E-state index in [1.54, 1.807) is 37.3 Å². The number of esters is 1. The van der Waals surface area contributed by atoms with Crippen molar-refractivity contribution >= 4 is 39.0 Å². The molecule has 3 rings (SSSR count). The number of benzene rings is 1. The van der Waals surface area contributed by atoms with Crippen LogP contribution in [0.3, 0.4) is 0 Å². The van der Waals surface area contributed by atoms with Gasteiger partial charge in [0.1, 0.15) is 4.88 Å². The standard InChI is InChI=1S/C17H14N2O4S/c1-2-23-17(21)15-10-11-9-12(6-7-14(11)24-15)18-16(20)13-5-3-4-8-19(13)22/h3-10H,2H2,1H3,(H,18,20). The molecule has 0 aliphatic rings. The van der Waals surface area contributed by atoms with Gasteiger partial charge in [0.05, 0.1) is 6.61 Å². The van der Waals surface area contributed by atoms with Gasteiger partial charge in [-0.2, -0.15) is 4.73 Å². The van der Waals surface area contributed by atoms with Crippen LogP contribution in [0, 0.1) is 5.21 Å². The molecular formula is C17H14N2O4S. The Morgan fingerprint density at radius 2 is 2.08 bits per heavy atom. The predicted molar refractivity (Wildman–Crippen MR) is 91.1 cm³/mol. The zero-order chi connectivity index (χ0) is 17.1. The zero-order valence-corrected chi connectivity index (χ0v) is 13.6. The molecule has 0 saturated carbocycles. The molecule has 0 bridgehead atoms. The van der Waals surface area contributed by atoms with Gasteiger partial charge in [-0.25, -0.2) is 4.79 Å². The van der Waals surface area contributed by atoms with E-state index in [9.17, 15) is 14.8 Å². The Balaban J connectivity index is 1.84. The fraction of sp³-hybridized carbons (Fsp3) is 0.118. The molecule has 0 unspecified atom stereocenters. The number of carbonyl (C=O) groups is 2. The van der Waals surface area contributed by atoms with Crippen molar-refractivity contribution in [3.8, 4) is 0 Å². The fourth-order valence-corrected chi connectivity index (χ4v) is 3.16. The van der Waals surface area contributed by atoms with Crippen LogP contribution in [0.4, 0.5) is 5.69 Å². The first-order valence-corrected chi connectivity index (χ1v) is 8.10. The van der Waals surface area contributed by atoms with E-state index in [0.717, 1.165) is 10.1 Å². The second kappa shape index (κ2) is 6.67. The molecule has 24 heavy (non-hydrogen) atoms. The van der Waals surface area contributed by atoms with Gasteiger partial charge in [0.15, 0.2) is 6.20 Å². The molecule has 1 aromatic carbocycles. The van der Waals surface area contributed by atoms with Crippen molar-refractivity contribution in [3.05, 3.63) is 64.4 Å². The maximum atomic E-state index is 12.2. The number of rotatable bonds is 4. The van der Waals surface area contributed by atoms with E-state index in [0.29, 0.717) is 21.9 Å². The van der Waals surface area contributed by atoms with E-state index in [2.05, 4.69) is 5.32 Å². The predicted octanol–water partition coefficient (Wildman–Crippen LogP) is 2.96. The average molecular weight is 342 g/mol. The molecule has 0 saturated heterocycles. The number of aromatic nitrogens is 1. The van der Waals surface area contributed by atoms with Gasteiger partial charge in [0.2, 0.25) is 0 Å². The van der Waals surface area contributed by atoms with Gasteiger partial charge >= 0.3 is 11.9 Å². The number of ether oxygens (including phenoxy) is 1. The summed E-state index contributed by atoms with van der Waals surface area (Å²) in [7, 11) is 0. The first kappa shape index (κ1) is 15.9. The number of nitrogens with zero attached hydrogens (tertiary/aromatic N) is 1. The smallest absolute Gasteiger partial charge is 0.348 e. The molecule has 1 N–H and O–H groups in total. The maximum Gasteiger partial charge on any atom is 0.348 e. The van der Waals surface area contributed by atoms with Crippen LogP contribution in [-0.2, 0) is 4.74 Å². The number of anilines is 1. The molecule has 2 aromatic heterocycles. The number of amides is 1. The summed E-state index contributed by atoms with van der Waals surface area (Å²) in [6.07, 6.45) is 1.27. The van der Waals surface area contributed by atoms with Crippen molar-refractivity contribution in [1.82, 2.24) is 0 Å². The Morgan fingerprint density at radius 3 is 2.83 bits per heavy atom. The van der Waals surface area contributed by atoms with Gasteiger partial charge in [0, 0.05) is 22.5 Å². The van der Waals surface area contributed by atoms with Gasteiger partial charge in [-0.15, -0.1) is 11.3 Å². The van der Waals surface area contributed by atoms with Crippen LogP contribution < -0.4 is 10.0 Å². The minimum Gasteiger partial charge on any atom is -0.618 e. The molecule has 0 aliphatic heterocycles. The lowest BCUT2D eigenvalue weighted by Crippen LogP contribution is -2.36. The second-order valence-corrected chi connectivity index (χ2v) is 6.03. The Morgan fingerprint density at radius 1 is 1.25 bits per heavy atom. The molecule has 0 aliphatic carbocycles. The largest absolute Gasteiger partial charge is 0.618 e. The molecule has 2 heterocycles. The van der Waals surface area contributed by atoms with Crippen LogP contribution in [0.2, 0.25) is 0 Å². The van der Waals surface area contributed by atoms with Gasteiger partial charge < -0.3 is 15.3 Å². The normalized spacial score (nSPS) is 10.5. The van der Waals surface area contributed by atoms with Crippen molar-refractivity contribution in [2.45, 2.75) is 6.92 Å². The number of pyridine rings is 1. The average Bonchev–Trinajstić information content (AvgIpc) is 2.99. The summed E-state index contributed by atoms with van der Waals surface area (Å²) < 4.78 is 6.41. The zero-order valence-electron chi connectivity index (χ0n) is 12.8. The van der Waals surface area contributed by atoms with E-state index < -0.39 is 5.91 Å². The molecule has 0 radical (unpaired) electrons. The molecule has 6 nitrogen and oxygen atoms in total. The van der Waals surface area contributed by atoms with Gasteiger partial charge in [0.25, 0.3) is 5.69 Å². The molecule has 0 fully saturated rings. The number of nitrogens with one attached hydrogen (secondary N) is 1. The van der Waals surface area contributed by atoms with Crippen molar-refractivity contribution in [1.29, 1.82) is 0 Å². The Hall–Kier alpha value is -2.93. The number of hydrogen-bond donors (Lipinski definition) is 1. The van der Waals surface area contributed by atoms with Crippen LogP contribution >= 0.6 is 11.3 Å². The SMILES string of the molecule is CCOC(=O)c1cc2cc(NC(=O)c3cccc[n+]3[O-])ccc2s1. The van der Waals surface area contributed by atoms with Crippen LogP contribution in [0.1, 0.15) is 27.1 Å². The second-order valence-electron chi connectivity index (χ2n) is 4.95. The molecular weight excluding hydrogens is 328 g/mol. The minimum absolute atomic E-state index is 0.00938. The van der Waals surface area contributed by atoms with E-state index in [1.807, 2.05) is 6.07 Å². The molecule has 7 heteroatoms. The van der Waals surface area contributed by atoms with Gasteiger partial charge in [-0.05, 0) is 42.6 Å². The highest BCUT2D eigenvalue weighted by Crippen LogP contribution is 2.28. The third-order valence-electron chi connectivity index (χ3n) is 3.31. The van der Waals surface area contributed by atoms with E-state index in [-0.39, 0.29) is 11.7 Å². The summed E-state index contributed by atoms with van der Waals surface area (Å²) >= 11 is 1.33. The minimum atomic E-state index is -0.495. The topological polar surface area (TPSA) is 82.3 Å². The molecule has 3 aromatic rings. The number of fused-ring (bicyclic) bond motifs is 1. The molecule has 0 atom stereocenters. The lowest BCUT2D eigenvalue weighted by atomic mass is 10.2. The van der Waals surface area contributed by atoms with E-state index in [1.165, 1.54) is 23.6 Å². The number of hydrogen-bond acceptors (Lipinski definition) is 5. The first-order chi connectivity index (χ1) is 11.6. The third kappa shape index (κ3) is 3.21. The fourth-order valence-electron chi connectivity index (χ4n) is 2.22. The molecule has 1 amide bonds. The summed E-state index contributed by atoms with van der Waals surface area (Å²) in [5, 5.41) is 15.1. The Kier molecular flexibility index (Phi) is 4.43. The summed E-state index contributed by atoms with van der Waals surface area (Å²) in [6, 6.07) is 11.6. The van der Waals surface area contributed by atoms with Gasteiger partial charge in [-0.1, -0.05) is 0 Å². The Bertz CT molecular complexity index is 920. The highest BCUT2D eigenvalue weighted by atomic mass is 32.1. The first-order valence-electron chi connectivity index (χ1n) is 7.28. The maximum absolute atomic E-state index is 12.2. The van der Waals surface area contributed by atoms with Gasteiger partial charge in [-0.3, -0.25) is 4.79 Å². The van der Waals surface area contributed by atoms with Crippen molar-refractivity contribution in [3.63, 3.8) is 0 Å². The number of carbonyl (C=O) groups excluding carboxylic acids is 2. The van der Waals surface area contributed by atoms with Crippen LogP contribution in [0.25, 0.3) is 10.1 Å².